The second kappa shape index (κ2) is 8.49. The highest BCUT2D eigenvalue weighted by molar-refractivity contribution is 8.01. The number of benzene rings is 1. The zero-order chi connectivity index (χ0) is 21.3. The molecule has 2 aliphatic heterocycles. The van der Waals surface area contributed by atoms with Gasteiger partial charge in [-0.15, -0.1) is 23.1 Å². The van der Waals surface area contributed by atoms with Gasteiger partial charge in [-0.25, -0.2) is 13.2 Å². The number of aryl methyl sites for hydroxylation is 2. The molecule has 1 unspecified atom stereocenters. The molecule has 0 radical (unpaired) electrons. The number of imidazole rings is 1. The molecule has 0 aliphatic carbocycles. The summed E-state index contributed by atoms with van der Waals surface area (Å²) >= 11 is 3.21. The normalized spacial score (nSPS) is 13.0. The Hall–Kier alpha value is -1.84. The Balaban J connectivity index is 2.08. The third kappa shape index (κ3) is 4.51. The first-order valence-electron chi connectivity index (χ1n) is 9.39. The summed E-state index contributed by atoms with van der Waals surface area (Å²) in [5.74, 6) is 1.48. The van der Waals surface area contributed by atoms with Crippen LogP contribution in [0.5, 0.6) is 0 Å². The van der Waals surface area contributed by atoms with Crippen molar-refractivity contribution in [1.29, 1.82) is 0 Å². The molecule has 0 saturated carbocycles. The number of rotatable bonds is 7. The van der Waals surface area contributed by atoms with Gasteiger partial charge in [-0.2, -0.15) is 4.98 Å². The Bertz CT molecular complexity index is 1150. The largest absolute Gasteiger partial charge is 0.354 e. The number of aromatic nitrogens is 2. The molecule has 0 amide bonds. The van der Waals surface area contributed by atoms with Gasteiger partial charge in [-0.05, 0) is 38.8 Å². The molecule has 2 heterocycles. The molecule has 1 aromatic rings. The minimum Gasteiger partial charge on any atom is -0.261 e. The highest BCUT2D eigenvalue weighted by Gasteiger charge is 2.27. The Morgan fingerprint density at radius 3 is 2.48 bits per heavy atom. The lowest BCUT2D eigenvalue weighted by atomic mass is 10.2. The molecular formula is C20H25N3O3S3. The molecule has 0 fully saturated rings. The average Bonchev–Trinajstić information content (AvgIpc) is 2.99. The second-order valence-electron chi connectivity index (χ2n) is 7.20. The molecule has 0 saturated heterocycles. The van der Waals surface area contributed by atoms with E-state index in [1.54, 1.807) is 47.4 Å². The molecule has 156 valence electrons. The Labute approximate surface area is 179 Å². The number of thioether (sulfide) groups is 1. The molecule has 1 atom stereocenters. The van der Waals surface area contributed by atoms with Crippen LogP contribution in [0.4, 0.5) is 5.82 Å². The minimum atomic E-state index is -3.85. The van der Waals surface area contributed by atoms with E-state index in [2.05, 4.69) is 23.6 Å². The average molecular weight is 452 g/mol. The van der Waals surface area contributed by atoms with E-state index in [9.17, 15) is 13.2 Å². The van der Waals surface area contributed by atoms with Crippen molar-refractivity contribution in [2.45, 2.75) is 50.1 Å². The molecule has 29 heavy (non-hydrogen) atoms. The molecule has 2 aliphatic rings. The van der Waals surface area contributed by atoms with Gasteiger partial charge in [0.1, 0.15) is 5.69 Å². The molecule has 1 N–H and O–H groups in total. The molecule has 3 rings (SSSR count). The number of hydrogen-bond acceptors (Lipinski definition) is 6. The first-order chi connectivity index (χ1) is 13.6. The van der Waals surface area contributed by atoms with E-state index < -0.39 is 15.7 Å². The summed E-state index contributed by atoms with van der Waals surface area (Å²) in [6.45, 7) is 10.0. The number of anilines is 1. The summed E-state index contributed by atoms with van der Waals surface area (Å²) in [5, 5.41) is 0. The van der Waals surface area contributed by atoms with Gasteiger partial charge in [-0.3, -0.25) is 9.29 Å². The number of hydrogen-bond donors (Lipinski definition) is 1. The third-order valence-corrected chi connectivity index (χ3v) is 9.02. The minimum absolute atomic E-state index is 0.0848. The van der Waals surface area contributed by atoms with Gasteiger partial charge in [-0.1, -0.05) is 38.0 Å². The smallest absolute Gasteiger partial charge is 0.261 e. The van der Waals surface area contributed by atoms with Crippen LogP contribution in [0.25, 0.3) is 5.69 Å². The summed E-state index contributed by atoms with van der Waals surface area (Å²) in [4.78, 5) is 17.8. The van der Waals surface area contributed by atoms with Gasteiger partial charge < -0.3 is 0 Å². The number of nitrogens with one attached hydrogen (secondary N) is 1. The maximum atomic E-state index is 12.9. The highest BCUT2D eigenvalue weighted by Crippen LogP contribution is 2.39. The first kappa shape index (κ1) is 21.9. The lowest BCUT2D eigenvalue weighted by molar-refractivity contribution is 0.601. The molecule has 1 aromatic carbocycles. The quantitative estimate of drug-likeness (QED) is 0.531. The zero-order valence-electron chi connectivity index (χ0n) is 17.1. The van der Waals surface area contributed by atoms with Crippen LogP contribution < -0.4 is 10.4 Å². The van der Waals surface area contributed by atoms with Crippen LogP contribution in [-0.2, 0) is 10.0 Å². The van der Waals surface area contributed by atoms with E-state index in [-0.39, 0.29) is 10.7 Å². The van der Waals surface area contributed by atoms with Gasteiger partial charge in [0.2, 0.25) is 0 Å². The highest BCUT2D eigenvalue weighted by atomic mass is 32.2. The van der Waals surface area contributed by atoms with Gasteiger partial charge in [0.15, 0.2) is 5.82 Å². The molecule has 9 heteroatoms. The maximum Gasteiger partial charge on any atom is 0.354 e. The van der Waals surface area contributed by atoms with Crippen molar-refractivity contribution in [3.05, 3.63) is 50.9 Å². The fourth-order valence-electron chi connectivity index (χ4n) is 2.73. The summed E-state index contributed by atoms with van der Waals surface area (Å²) in [7, 11) is -3.85. The van der Waals surface area contributed by atoms with E-state index in [1.807, 2.05) is 20.8 Å². The van der Waals surface area contributed by atoms with Gasteiger partial charge in [0, 0.05) is 16.3 Å². The van der Waals surface area contributed by atoms with Crippen LogP contribution in [0.3, 0.4) is 0 Å². The summed E-state index contributed by atoms with van der Waals surface area (Å²) in [6, 6.07) is 6.57. The standard InChI is InChI=1S/C20H25N3O3S3/c1-6-12(2)11-27-19-17-18(21-20(24)23(17)14(4)15(5)28-19)22-29(25,26)16-9-7-13(3)8-10-16/h7-10,12H,6,11H2,1-5H3,(H,21,22,24). The van der Waals surface area contributed by atoms with Crippen molar-refractivity contribution in [1.82, 2.24) is 9.55 Å². The molecule has 0 spiro atoms. The maximum absolute atomic E-state index is 12.9. The fraction of sp³-hybridized carbons (Fsp3) is 0.400. The Kier molecular flexibility index (Phi) is 6.40. The van der Waals surface area contributed by atoms with Crippen LogP contribution >= 0.6 is 23.1 Å². The van der Waals surface area contributed by atoms with Crippen LogP contribution in [0.1, 0.15) is 36.4 Å². The SMILES string of the molecule is CCC(C)CSc1sc(C)c(C)n2c(=O)nc(NS(=O)(=O)c3ccc(C)cc3)c1-2. The van der Waals surface area contributed by atoms with E-state index >= 15 is 0 Å². The van der Waals surface area contributed by atoms with Crippen LogP contribution in [0.15, 0.2) is 38.2 Å². The van der Waals surface area contributed by atoms with Crippen LogP contribution in [-0.4, -0.2) is 23.7 Å². The second-order valence-corrected chi connectivity index (χ2v) is 11.4. The topological polar surface area (TPSA) is 81.1 Å². The van der Waals surface area contributed by atoms with Gasteiger partial charge in [0.25, 0.3) is 10.0 Å². The number of fused-ring (bicyclic) bond motifs is 1. The van der Waals surface area contributed by atoms with Crippen molar-refractivity contribution in [2.24, 2.45) is 5.92 Å². The van der Waals surface area contributed by atoms with Crippen LogP contribution in [0.2, 0.25) is 0 Å². The third-order valence-electron chi connectivity index (χ3n) is 4.89. The lowest BCUT2D eigenvalue weighted by Gasteiger charge is -2.17. The van der Waals surface area contributed by atoms with E-state index in [4.69, 9.17) is 0 Å². The monoisotopic (exact) mass is 451 g/mol. The number of nitrogens with zero attached hydrogens (tertiary/aromatic N) is 2. The number of sulfonamides is 1. The summed E-state index contributed by atoms with van der Waals surface area (Å²) < 4.78 is 30.7. The predicted octanol–water partition coefficient (Wildman–Crippen LogP) is 4.60. The zero-order valence-corrected chi connectivity index (χ0v) is 19.6. The van der Waals surface area contributed by atoms with Crippen molar-refractivity contribution < 1.29 is 8.42 Å². The molecular weight excluding hydrogens is 426 g/mol. The van der Waals surface area contributed by atoms with E-state index in [0.29, 0.717) is 11.6 Å². The van der Waals surface area contributed by atoms with E-state index in [1.165, 1.54) is 4.57 Å². The van der Waals surface area contributed by atoms with E-state index in [0.717, 1.165) is 32.5 Å². The summed E-state index contributed by atoms with van der Waals surface area (Å²) in [5.41, 5.74) is 1.80. The fourth-order valence-corrected chi connectivity index (χ4v) is 6.35. The molecule has 6 nitrogen and oxygen atoms in total. The summed E-state index contributed by atoms with van der Waals surface area (Å²) in [6.07, 6.45) is 1.05. The Morgan fingerprint density at radius 1 is 1.21 bits per heavy atom. The lowest BCUT2D eigenvalue weighted by Crippen LogP contribution is -2.17. The Morgan fingerprint density at radius 2 is 1.86 bits per heavy atom. The predicted molar refractivity (Wildman–Crippen MR) is 121 cm³/mol. The first-order valence-corrected chi connectivity index (χ1v) is 12.7. The van der Waals surface area contributed by atoms with Crippen molar-refractivity contribution in [3.8, 4) is 5.69 Å². The van der Waals surface area contributed by atoms with Gasteiger partial charge in [0.05, 0.1) is 9.10 Å². The van der Waals surface area contributed by atoms with Crippen molar-refractivity contribution in [3.63, 3.8) is 0 Å². The molecule has 0 aromatic heterocycles. The van der Waals surface area contributed by atoms with Gasteiger partial charge >= 0.3 is 5.69 Å². The van der Waals surface area contributed by atoms with Crippen LogP contribution in [0, 0.1) is 26.7 Å². The molecule has 0 bridgehead atoms. The van der Waals surface area contributed by atoms with Crippen molar-refractivity contribution in [2.75, 3.05) is 10.5 Å². The van der Waals surface area contributed by atoms with Crippen molar-refractivity contribution >= 4 is 38.9 Å².